The summed E-state index contributed by atoms with van der Waals surface area (Å²) in [6.45, 7) is 3.86. The summed E-state index contributed by atoms with van der Waals surface area (Å²) >= 11 is 1.39. The topological polar surface area (TPSA) is 86.9 Å². The van der Waals surface area contributed by atoms with Crippen LogP contribution < -0.4 is 5.73 Å². The van der Waals surface area contributed by atoms with Gasteiger partial charge in [0.25, 0.3) is 0 Å². The molecule has 3 N–H and O–H groups in total. The molecule has 2 amide bonds. The number of alkyl halides is 3. The second-order valence-electron chi connectivity index (χ2n) is 8.49. The number of halogens is 4. The molecular formula is C22H29ClF3N3O3S. The first kappa shape index (κ1) is 27.4. The van der Waals surface area contributed by atoms with E-state index in [0.29, 0.717) is 31.4 Å². The molecule has 1 aliphatic rings. The third-order valence-electron chi connectivity index (χ3n) is 6.05. The molecule has 0 bridgehead atoms. The van der Waals surface area contributed by atoms with E-state index in [1.807, 2.05) is 12.1 Å². The lowest BCUT2D eigenvalue weighted by Crippen LogP contribution is -2.60. The van der Waals surface area contributed by atoms with E-state index in [1.54, 1.807) is 31.4 Å². The molecule has 0 radical (unpaired) electrons. The minimum atomic E-state index is -4.93. The molecule has 0 spiro atoms. The van der Waals surface area contributed by atoms with Crippen molar-refractivity contribution < 1.29 is 27.9 Å². The summed E-state index contributed by atoms with van der Waals surface area (Å²) < 4.78 is 41.8. The van der Waals surface area contributed by atoms with Crippen LogP contribution in [0, 0.1) is 5.92 Å². The van der Waals surface area contributed by atoms with E-state index in [4.69, 9.17) is 5.73 Å². The van der Waals surface area contributed by atoms with Gasteiger partial charge in [-0.2, -0.15) is 13.2 Å². The van der Waals surface area contributed by atoms with Crippen molar-refractivity contribution in [1.82, 2.24) is 9.80 Å². The molecule has 4 atom stereocenters. The van der Waals surface area contributed by atoms with Crippen LogP contribution in [0.4, 0.5) is 13.2 Å². The fraction of sp³-hybridized carbons (Fsp3) is 0.545. The van der Waals surface area contributed by atoms with Crippen LogP contribution in [0.15, 0.2) is 29.6 Å². The lowest BCUT2D eigenvalue weighted by molar-refractivity contribution is -0.224. The fourth-order valence-corrected chi connectivity index (χ4v) is 5.15. The summed E-state index contributed by atoms with van der Waals surface area (Å²) in [5.74, 6) is -0.572. The number of likely N-dealkylation sites (tertiary alicyclic amines) is 1. The zero-order valence-electron chi connectivity index (χ0n) is 18.4. The Kier molecular flexibility index (Phi) is 9.15. The average molecular weight is 508 g/mol. The number of carbonyl (C=O) groups is 2. The Morgan fingerprint density at radius 2 is 2.03 bits per heavy atom. The van der Waals surface area contributed by atoms with Gasteiger partial charge in [-0.3, -0.25) is 9.59 Å². The van der Waals surface area contributed by atoms with Gasteiger partial charge >= 0.3 is 6.18 Å². The average Bonchev–Trinajstić information content (AvgIpc) is 3.39. The van der Waals surface area contributed by atoms with Gasteiger partial charge in [0, 0.05) is 11.2 Å². The smallest absolute Gasteiger partial charge is 0.382 e. The van der Waals surface area contributed by atoms with E-state index in [2.05, 4.69) is 0 Å². The van der Waals surface area contributed by atoms with Crippen LogP contribution in [-0.4, -0.2) is 64.3 Å². The van der Waals surface area contributed by atoms with E-state index in [0.717, 1.165) is 15.0 Å². The van der Waals surface area contributed by atoms with Gasteiger partial charge in [0.2, 0.25) is 12.3 Å². The van der Waals surface area contributed by atoms with E-state index in [-0.39, 0.29) is 24.7 Å². The zero-order chi connectivity index (χ0) is 23.6. The molecule has 184 valence electrons. The molecule has 3 rings (SSSR count). The number of aliphatic hydroxyl groups excluding tert-OH is 1. The summed E-state index contributed by atoms with van der Waals surface area (Å²) in [5.41, 5.74) is 6.61. The van der Waals surface area contributed by atoms with E-state index in [1.165, 1.54) is 16.2 Å². The monoisotopic (exact) mass is 507 g/mol. The standard InChI is InChI=1S/C22H28F3N3O3S.ClH/c1-13(2)19(26)21(31)27-9-5-8-18(27)28(12-29)16(20(30)22(23,24)25)10-14-11-32-17-7-4-3-6-15(14)17;/h3-4,6-7,11-13,16,18-20,30H,5,8-10,26H2,1-2H3;1H/t16-,18+,19-,20-;/m0./s1. The van der Waals surface area contributed by atoms with Crippen LogP contribution >= 0.6 is 23.7 Å². The Labute approximate surface area is 200 Å². The van der Waals surface area contributed by atoms with Gasteiger partial charge in [0.15, 0.2) is 6.10 Å². The van der Waals surface area contributed by atoms with Crippen LogP contribution in [0.1, 0.15) is 32.3 Å². The molecule has 1 fully saturated rings. The van der Waals surface area contributed by atoms with Gasteiger partial charge in [-0.15, -0.1) is 23.7 Å². The highest BCUT2D eigenvalue weighted by atomic mass is 35.5. The van der Waals surface area contributed by atoms with Crippen LogP contribution in [0.25, 0.3) is 10.1 Å². The highest BCUT2D eigenvalue weighted by Crippen LogP contribution is 2.34. The highest BCUT2D eigenvalue weighted by molar-refractivity contribution is 7.17. The zero-order valence-corrected chi connectivity index (χ0v) is 20.0. The molecule has 2 aromatic rings. The first-order chi connectivity index (χ1) is 15.1. The van der Waals surface area contributed by atoms with Gasteiger partial charge in [0.05, 0.1) is 12.1 Å². The van der Waals surface area contributed by atoms with Gasteiger partial charge in [0.1, 0.15) is 6.17 Å². The van der Waals surface area contributed by atoms with Gasteiger partial charge < -0.3 is 20.6 Å². The SMILES string of the molecule is CC(C)[C@H](N)C(=O)N1CCC[C@H]1N(C=O)[C@@H](Cc1csc2ccccc12)[C@H](O)C(F)(F)F.Cl. The number of rotatable bonds is 8. The Morgan fingerprint density at radius 1 is 1.36 bits per heavy atom. The van der Waals surface area contributed by atoms with Crippen molar-refractivity contribution in [3.63, 3.8) is 0 Å². The Hall–Kier alpha value is -1.88. The lowest BCUT2D eigenvalue weighted by Gasteiger charge is -2.41. The Morgan fingerprint density at radius 3 is 2.64 bits per heavy atom. The quantitative estimate of drug-likeness (QED) is 0.535. The fourth-order valence-electron chi connectivity index (χ4n) is 4.18. The third kappa shape index (κ3) is 5.79. The summed E-state index contributed by atoms with van der Waals surface area (Å²) in [4.78, 5) is 27.3. The van der Waals surface area contributed by atoms with Crippen molar-refractivity contribution in [2.75, 3.05) is 6.54 Å². The lowest BCUT2D eigenvalue weighted by atomic mass is 9.98. The van der Waals surface area contributed by atoms with Crippen molar-refractivity contribution in [1.29, 1.82) is 0 Å². The maximum atomic E-state index is 13.6. The minimum Gasteiger partial charge on any atom is -0.382 e. The summed E-state index contributed by atoms with van der Waals surface area (Å²) in [7, 11) is 0. The molecule has 1 saturated heterocycles. The molecule has 1 aromatic heterocycles. The molecule has 0 unspecified atom stereocenters. The molecule has 1 aromatic carbocycles. The Bertz CT molecular complexity index is 956. The van der Waals surface area contributed by atoms with Crippen molar-refractivity contribution >= 4 is 46.1 Å². The number of amides is 2. The number of hydrogen-bond donors (Lipinski definition) is 2. The number of thiophene rings is 1. The van der Waals surface area contributed by atoms with Gasteiger partial charge in [-0.25, -0.2) is 0 Å². The maximum Gasteiger partial charge on any atom is 0.416 e. The number of benzene rings is 1. The molecule has 0 aliphatic carbocycles. The van der Waals surface area contributed by atoms with Crippen LogP contribution in [0.5, 0.6) is 0 Å². The number of nitrogens with two attached hydrogens (primary N) is 1. The van der Waals surface area contributed by atoms with Crippen molar-refractivity contribution in [2.45, 2.75) is 63.6 Å². The normalized spacial score (nSPS) is 19.3. The summed E-state index contributed by atoms with van der Waals surface area (Å²) in [6, 6.07) is 4.88. The number of aliphatic hydroxyl groups is 1. The molecule has 1 aliphatic heterocycles. The second-order valence-corrected chi connectivity index (χ2v) is 9.40. The molecule has 11 heteroatoms. The Balaban J connectivity index is 0.00000385. The van der Waals surface area contributed by atoms with Crippen LogP contribution in [0.3, 0.4) is 0 Å². The van der Waals surface area contributed by atoms with E-state index in [9.17, 15) is 27.9 Å². The van der Waals surface area contributed by atoms with Crippen LogP contribution in [-0.2, 0) is 16.0 Å². The number of fused-ring (bicyclic) bond motifs is 1. The highest BCUT2D eigenvalue weighted by Gasteiger charge is 2.49. The first-order valence-electron chi connectivity index (χ1n) is 10.5. The molecule has 0 saturated carbocycles. The van der Waals surface area contributed by atoms with E-state index < -0.39 is 36.4 Å². The predicted octanol–water partition coefficient (Wildman–Crippen LogP) is 3.55. The van der Waals surface area contributed by atoms with Crippen molar-refractivity contribution in [2.24, 2.45) is 11.7 Å². The van der Waals surface area contributed by atoms with Crippen molar-refractivity contribution in [3.8, 4) is 0 Å². The molecule has 2 heterocycles. The molecule has 6 nitrogen and oxygen atoms in total. The van der Waals surface area contributed by atoms with Gasteiger partial charge in [-0.05, 0) is 47.6 Å². The predicted molar refractivity (Wildman–Crippen MR) is 124 cm³/mol. The van der Waals surface area contributed by atoms with E-state index >= 15 is 0 Å². The number of hydrogen-bond acceptors (Lipinski definition) is 5. The molecular weight excluding hydrogens is 479 g/mol. The minimum absolute atomic E-state index is 0. The second kappa shape index (κ2) is 11.0. The largest absolute Gasteiger partial charge is 0.416 e. The number of nitrogens with zero attached hydrogens (tertiary/aromatic N) is 2. The van der Waals surface area contributed by atoms with Crippen molar-refractivity contribution in [3.05, 3.63) is 35.2 Å². The number of carbonyl (C=O) groups excluding carboxylic acids is 2. The van der Waals surface area contributed by atoms with Crippen LogP contribution in [0.2, 0.25) is 0 Å². The van der Waals surface area contributed by atoms with Gasteiger partial charge in [-0.1, -0.05) is 32.0 Å². The third-order valence-corrected chi connectivity index (χ3v) is 7.06. The summed E-state index contributed by atoms with van der Waals surface area (Å²) in [6.07, 6.45) is -7.62. The summed E-state index contributed by atoms with van der Waals surface area (Å²) in [5, 5.41) is 12.8. The molecule has 33 heavy (non-hydrogen) atoms. The maximum absolute atomic E-state index is 13.6. The first-order valence-corrected chi connectivity index (χ1v) is 11.4.